The van der Waals surface area contributed by atoms with E-state index in [-0.39, 0.29) is 22.9 Å². The van der Waals surface area contributed by atoms with Crippen LogP contribution in [0.2, 0.25) is 0 Å². The van der Waals surface area contributed by atoms with Gasteiger partial charge < -0.3 is 20.3 Å². The number of aromatic nitrogens is 4. The molecule has 0 saturated heterocycles. The van der Waals surface area contributed by atoms with Gasteiger partial charge in [-0.25, -0.2) is 9.78 Å². The van der Waals surface area contributed by atoms with Gasteiger partial charge in [-0.1, -0.05) is 6.07 Å². The standard InChI is InChI=1S/C20H15N5O3S3/c26-16(21-10-3-4-12-13(6-10)23-20(28)22-12)9-29-8-15-24-18(27)17-11(7-31-19(17)25-15)14-2-1-5-30-14/h1-7H,8-9H2,(H,21,26)(H2,22,23,28)(H,24,25,27). The number of hydrogen-bond acceptors (Lipinski definition) is 7. The van der Waals surface area contributed by atoms with Gasteiger partial charge in [0.15, 0.2) is 0 Å². The summed E-state index contributed by atoms with van der Waals surface area (Å²) in [6, 6.07) is 9.09. The first-order valence-electron chi connectivity index (χ1n) is 9.21. The zero-order valence-corrected chi connectivity index (χ0v) is 18.3. The summed E-state index contributed by atoms with van der Waals surface area (Å²) in [7, 11) is 0. The Kier molecular flexibility index (Phi) is 5.22. The molecule has 0 spiro atoms. The lowest BCUT2D eigenvalue weighted by Gasteiger charge is -2.05. The molecule has 11 heteroatoms. The van der Waals surface area contributed by atoms with Crippen LogP contribution in [0.3, 0.4) is 0 Å². The Morgan fingerprint density at radius 3 is 2.81 bits per heavy atom. The molecule has 4 heterocycles. The maximum absolute atomic E-state index is 12.6. The second kappa shape index (κ2) is 8.17. The first-order valence-corrected chi connectivity index (χ1v) is 12.1. The first-order chi connectivity index (χ1) is 15.1. The summed E-state index contributed by atoms with van der Waals surface area (Å²) in [5.41, 5.74) is 2.36. The topological polar surface area (TPSA) is 123 Å². The highest BCUT2D eigenvalue weighted by molar-refractivity contribution is 7.99. The van der Waals surface area contributed by atoms with Crippen LogP contribution in [0, 0.1) is 0 Å². The van der Waals surface area contributed by atoms with Crippen LogP contribution in [-0.2, 0) is 10.5 Å². The molecule has 4 aromatic heterocycles. The number of imidazole rings is 1. The number of fused-ring (bicyclic) bond motifs is 2. The summed E-state index contributed by atoms with van der Waals surface area (Å²) in [6.45, 7) is 0. The number of hydrogen-bond donors (Lipinski definition) is 4. The third-order valence-electron chi connectivity index (χ3n) is 4.55. The number of nitrogens with zero attached hydrogens (tertiary/aromatic N) is 1. The Balaban J connectivity index is 1.24. The van der Waals surface area contributed by atoms with E-state index in [0.717, 1.165) is 10.4 Å². The molecule has 0 aliphatic rings. The highest BCUT2D eigenvalue weighted by Crippen LogP contribution is 2.33. The third kappa shape index (κ3) is 4.07. The number of thioether (sulfide) groups is 1. The third-order valence-corrected chi connectivity index (χ3v) is 7.27. The van der Waals surface area contributed by atoms with Gasteiger partial charge in [0.05, 0.1) is 27.9 Å². The van der Waals surface area contributed by atoms with Crippen LogP contribution in [0.1, 0.15) is 5.82 Å². The highest BCUT2D eigenvalue weighted by Gasteiger charge is 2.14. The lowest BCUT2D eigenvalue weighted by molar-refractivity contribution is -0.113. The van der Waals surface area contributed by atoms with Crippen LogP contribution < -0.4 is 16.6 Å². The molecule has 0 aliphatic carbocycles. The molecule has 156 valence electrons. The van der Waals surface area contributed by atoms with Gasteiger partial charge in [-0.15, -0.1) is 34.4 Å². The zero-order chi connectivity index (χ0) is 21.4. The fraction of sp³-hybridized carbons (Fsp3) is 0.100. The number of thiophene rings is 2. The normalized spacial score (nSPS) is 11.4. The van der Waals surface area contributed by atoms with Gasteiger partial charge in [0, 0.05) is 21.5 Å². The number of rotatable bonds is 6. The smallest absolute Gasteiger partial charge is 0.323 e. The Morgan fingerprint density at radius 2 is 1.97 bits per heavy atom. The van der Waals surface area contributed by atoms with Gasteiger partial charge in [-0.05, 0) is 29.6 Å². The molecule has 0 saturated carbocycles. The molecule has 5 aromatic rings. The fourth-order valence-corrected chi connectivity index (χ4v) is 5.69. The molecule has 0 radical (unpaired) electrons. The Morgan fingerprint density at radius 1 is 1.10 bits per heavy atom. The van der Waals surface area contributed by atoms with E-state index in [1.54, 1.807) is 29.5 Å². The number of benzene rings is 1. The minimum atomic E-state index is -0.291. The SMILES string of the molecule is O=C(CSCc1nc2scc(-c3cccs3)c2c(=O)[nH]1)Nc1ccc2[nH]c(=O)[nH]c2c1. The van der Waals surface area contributed by atoms with E-state index in [9.17, 15) is 14.4 Å². The van der Waals surface area contributed by atoms with Crippen LogP contribution in [-0.4, -0.2) is 31.6 Å². The van der Waals surface area contributed by atoms with E-state index >= 15 is 0 Å². The van der Waals surface area contributed by atoms with E-state index in [0.29, 0.717) is 38.5 Å². The maximum Gasteiger partial charge on any atom is 0.323 e. The molecule has 0 aliphatic heterocycles. The maximum atomic E-state index is 12.6. The summed E-state index contributed by atoms with van der Waals surface area (Å²) in [4.78, 5) is 50.7. The van der Waals surface area contributed by atoms with Crippen LogP contribution in [0.25, 0.3) is 31.7 Å². The number of amides is 1. The Bertz CT molecular complexity index is 1510. The molecule has 5 rings (SSSR count). The van der Waals surface area contributed by atoms with Crippen LogP contribution in [0.5, 0.6) is 0 Å². The van der Waals surface area contributed by atoms with Crippen molar-refractivity contribution in [3.05, 3.63) is 67.8 Å². The van der Waals surface area contributed by atoms with Crippen molar-refractivity contribution >= 4 is 67.3 Å². The minimum Gasteiger partial charge on any atom is -0.325 e. The van der Waals surface area contributed by atoms with E-state index < -0.39 is 0 Å². The molecular weight excluding hydrogens is 454 g/mol. The van der Waals surface area contributed by atoms with Gasteiger partial charge in [-0.2, -0.15) is 0 Å². The number of carbonyl (C=O) groups is 1. The second-order valence-electron chi connectivity index (χ2n) is 6.70. The summed E-state index contributed by atoms with van der Waals surface area (Å²) < 4.78 is 0. The average Bonchev–Trinajstić information content (AvgIpc) is 3.46. The molecule has 4 N–H and O–H groups in total. The summed E-state index contributed by atoms with van der Waals surface area (Å²) in [5, 5.41) is 7.35. The molecule has 8 nitrogen and oxygen atoms in total. The average molecular weight is 470 g/mol. The van der Waals surface area contributed by atoms with Crippen LogP contribution >= 0.6 is 34.4 Å². The van der Waals surface area contributed by atoms with Crippen molar-refractivity contribution in [2.75, 3.05) is 11.1 Å². The molecule has 0 atom stereocenters. The Labute approximate surface area is 186 Å². The second-order valence-corrected chi connectivity index (χ2v) is 9.49. The van der Waals surface area contributed by atoms with Crippen molar-refractivity contribution < 1.29 is 4.79 Å². The van der Waals surface area contributed by atoms with Gasteiger partial charge in [0.2, 0.25) is 5.91 Å². The quantitative estimate of drug-likeness (QED) is 0.302. The number of carbonyl (C=O) groups excluding carboxylic acids is 1. The van der Waals surface area contributed by atoms with E-state index in [1.807, 2.05) is 22.9 Å². The van der Waals surface area contributed by atoms with Crippen molar-refractivity contribution in [1.29, 1.82) is 0 Å². The molecular formula is C20H15N5O3S3. The largest absolute Gasteiger partial charge is 0.325 e. The van der Waals surface area contributed by atoms with Crippen LogP contribution in [0.15, 0.2) is 50.7 Å². The minimum absolute atomic E-state index is 0.163. The molecule has 1 amide bonds. The summed E-state index contributed by atoms with van der Waals surface area (Å²) in [6.07, 6.45) is 0. The van der Waals surface area contributed by atoms with E-state index in [1.165, 1.54) is 23.1 Å². The summed E-state index contributed by atoms with van der Waals surface area (Å²) >= 11 is 4.39. The number of H-pyrrole nitrogens is 3. The number of nitrogens with one attached hydrogen (secondary N) is 4. The zero-order valence-electron chi connectivity index (χ0n) is 15.9. The van der Waals surface area contributed by atoms with Crippen molar-refractivity contribution in [2.24, 2.45) is 0 Å². The molecule has 1 aromatic carbocycles. The predicted octanol–water partition coefficient (Wildman–Crippen LogP) is 3.75. The highest BCUT2D eigenvalue weighted by atomic mass is 32.2. The molecule has 0 unspecified atom stereocenters. The van der Waals surface area contributed by atoms with Crippen molar-refractivity contribution in [3.63, 3.8) is 0 Å². The monoisotopic (exact) mass is 469 g/mol. The van der Waals surface area contributed by atoms with Gasteiger partial charge >= 0.3 is 5.69 Å². The predicted molar refractivity (Wildman–Crippen MR) is 127 cm³/mol. The summed E-state index contributed by atoms with van der Waals surface area (Å²) in [5.74, 6) is 0.978. The van der Waals surface area contributed by atoms with Gasteiger partial charge in [0.1, 0.15) is 10.7 Å². The van der Waals surface area contributed by atoms with Crippen molar-refractivity contribution in [3.8, 4) is 10.4 Å². The van der Waals surface area contributed by atoms with Crippen molar-refractivity contribution in [2.45, 2.75) is 5.75 Å². The van der Waals surface area contributed by atoms with Gasteiger partial charge in [0.25, 0.3) is 5.56 Å². The lowest BCUT2D eigenvalue weighted by atomic mass is 10.2. The van der Waals surface area contributed by atoms with Gasteiger partial charge in [-0.3, -0.25) is 9.59 Å². The molecule has 0 bridgehead atoms. The van der Waals surface area contributed by atoms with Crippen molar-refractivity contribution in [1.82, 2.24) is 19.9 Å². The molecule has 0 fully saturated rings. The lowest BCUT2D eigenvalue weighted by Crippen LogP contribution is -2.15. The first kappa shape index (κ1) is 19.8. The van der Waals surface area contributed by atoms with E-state index in [4.69, 9.17) is 0 Å². The van der Waals surface area contributed by atoms with Crippen LogP contribution in [0.4, 0.5) is 5.69 Å². The fourth-order valence-electron chi connectivity index (χ4n) is 3.22. The van der Waals surface area contributed by atoms with E-state index in [2.05, 4.69) is 25.3 Å². The Hall–Kier alpha value is -3.15. The number of anilines is 1. The number of aromatic amines is 3. The molecule has 31 heavy (non-hydrogen) atoms.